The van der Waals surface area contributed by atoms with Crippen molar-refractivity contribution in [2.45, 2.75) is 4.90 Å². The number of sulfonamides is 1. The fourth-order valence-corrected chi connectivity index (χ4v) is 2.08. The van der Waals surface area contributed by atoms with E-state index >= 15 is 0 Å². The molecule has 0 radical (unpaired) electrons. The van der Waals surface area contributed by atoms with E-state index in [1.165, 1.54) is 12.1 Å². The van der Waals surface area contributed by atoms with E-state index < -0.39 is 14.9 Å². The van der Waals surface area contributed by atoms with Crippen LogP contribution in [0.25, 0.3) is 0 Å². The Morgan fingerprint density at radius 3 is 2.58 bits per heavy atom. The Bertz CT molecular complexity index is 573. The standard InChI is InChI=1S/C10H16N4O4S/c1-12-5-6-13(2)9-4-3-8(19(11,17)18)7-10(9)14(15)16/h3-4,7,12H,5-6H2,1-2H3,(H2,11,17,18). The molecular weight excluding hydrogens is 272 g/mol. The van der Waals surface area contributed by atoms with Crippen molar-refractivity contribution in [1.29, 1.82) is 0 Å². The summed E-state index contributed by atoms with van der Waals surface area (Å²) in [6.07, 6.45) is 0. The Labute approximate surface area is 111 Å². The van der Waals surface area contributed by atoms with Gasteiger partial charge in [0.25, 0.3) is 5.69 Å². The lowest BCUT2D eigenvalue weighted by atomic mass is 10.2. The van der Waals surface area contributed by atoms with Crippen LogP contribution in [0, 0.1) is 10.1 Å². The molecule has 0 aliphatic heterocycles. The highest BCUT2D eigenvalue weighted by atomic mass is 32.2. The number of primary sulfonamides is 1. The van der Waals surface area contributed by atoms with Gasteiger partial charge < -0.3 is 10.2 Å². The van der Waals surface area contributed by atoms with Crippen LogP contribution in [0.1, 0.15) is 0 Å². The van der Waals surface area contributed by atoms with Gasteiger partial charge in [-0.05, 0) is 19.2 Å². The summed E-state index contributed by atoms with van der Waals surface area (Å²) in [7, 11) is -0.493. The number of anilines is 1. The fraction of sp³-hybridized carbons (Fsp3) is 0.400. The van der Waals surface area contributed by atoms with Crippen molar-refractivity contribution < 1.29 is 13.3 Å². The molecule has 0 unspecified atom stereocenters. The molecule has 0 saturated heterocycles. The highest BCUT2D eigenvalue weighted by Gasteiger charge is 2.21. The minimum Gasteiger partial charge on any atom is -0.368 e. The van der Waals surface area contributed by atoms with Crippen LogP contribution in [0.2, 0.25) is 0 Å². The maximum Gasteiger partial charge on any atom is 0.293 e. The van der Waals surface area contributed by atoms with E-state index in [9.17, 15) is 18.5 Å². The molecule has 0 amide bonds. The van der Waals surface area contributed by atoms with E-state index in [1.807, 2.05) is 0 Å². The zero-order chi connectivity index (χ0) is 14.6. The van der Waals surface area contributed by atoms with E-state index in [1.54, 1.807) is 19.0 Å². The molecule has 0 atom stereocenters. The third kappa shape index (κ3) is 3.88. The van der Waals surface area contributed by atoms with Crippen LogP contribution in [-0.4, -0.2) is 40.5 Å². The van der Waals surface area contributed by atoms with E-state index in [0.29, 0.717) is 18.8 Å². The van der Waals surface area contributed by atoms with Gasteiger partial charge in [-0.3, -0.25) is 10.1 Å². The molecule has 0 aromatic heterocycles. The van der Waals surface area contributed by atoms with Crippen LogP contribution in [0.3, 0.4) is 0 Å². The first-order valence-electron chi connectivity index (χ1n) is 5.44. The summed E-state index contributed by atoms with van der Waals surface area (Å²) in [5.41, 5.74) is 0.0535. The average Bonchev–Trinajstić information content (AvgIpc) is 2.34. The van der Waals surface area contributed by atoms with Crippen LogP contribution < -0.4 is 15.4 Å². The van der Waals surface area contributed by atoms with E-state index in [2.05, 4.69) is 5.32 Å². The summed E-state index contributed by atoms with van der Waals surface area (Å²) in [6.45, 7) is 1.19. The summed E-state index contributed by atoms with van der Waals surface area (Å²) in [4.78, 5) is 11.8. The molecule has 1 aromatic rings. The zero-order valence-electron chi connectivity index (χ0n) is 10.7. The molecule has 8 nitrogen and oxygen atoms in total. The minimum absolute atomic E-state index is 0.273. The van der Waals surface area contributed by atoms with Crippen LogP contribution in [-0.2, 0) is 10.0 Å². The van der Waals surface area contributed by atoms with Gasteiger partial charge in [-0.15, -0.1) is 0 Å². The lowest BCUT2D eigenvalue weighted by molar-refractivity contribution is -0.384. The molecule has 19 heavy (non-hydrogen) atoms. The zero-order valence-corrected chi connectivity index (χ0v) is 11.5. The van der Waals surface area contributed by atoms with Gasteiger partial charge in [0.15, 0.2) is 0 Å². The van der Waals surface area contributed by atoms with Gasteiger partial charge >= 0.3 is 0 Å². The van der Waals surface area contributed by atoms with Crippen molar-refractivity contribution in [3.05, 3.63) is 28.3 Å². The summed E-state index contributed by atoms with van der Waals surface area (Å²) >= 11 is 0. The Morgan fingerprint density at radius 2 is 2.11 bits per heavy atom. The highest BCUT2D eigenvalue weighted by molar-refractivity contribution is 7.89. The van der Waals surface area contributed by atoms with Gasteiger partial charge in [0.1, 0.15) is 5.69 Å². The summed E-state index contributed by atoms with van der Waals surface area (Å²) < 4.78 is 22.4. The number of nitrogens with two attached hydrogens (primary N) is 1. The topological polar surface area (TPSA) is 119 Å². The minimum atomic E-state index is -3.95. The molecule has 0 bridgehead atoms. The molecular formula is C10H16N4O4S. The van der Waals surface area contributed by atoms with Crippen molar-refractivity contribution in [1.82, 2.24) is 5.32 Å². The summed E-state index contributed by atoms with van der Waals surface area (Å²) in [5, 5.41) is 18.9. The maximum absolute atomic E-state index is 11.2. The van der Waals surface area contributed by atoms with Crippen LogP contribution in [0.5, 0.6) is 0 Å². The van der Waals surface area contributed by atoms with Crippen LogP contribution >= 0.6 is 0 Å². The number of likely N-dealkylation sites (N-methyl/N-ethyl adjacent to an activating group) is 2. The van der Waals surface area contributed by atoms with Gasteiger partial charge in [-0.2, -0.15) is 0 Å². The monoisotopic (exact) mass is 288 g/mol. The van der Waals surface area contributed by atoms with Crippen molar-refractivity contribution in [2.75, 3.05) is 32.1 Å². The van der Waals surface area contributed by atoms with Gasteiger partial charge in [-0.25, -0.2) is 13.6 Å². The third-order valence-corrected chi connectivity index (χ3v) is 3.49. The molecule has 106 valence electrons. The van der Waals surface area contributed by atoms with E-state index in [-0.39, 0.29) is 10.6 Å². The molecule has 3 N–H and O–H groups in total. The van der Waals surface area contributed by atoms with Gasteiger partial charge in [0.05, 0.1) is 9.82 Å². The quantitative estimate of drug-likeness (QED) is 0.557. The summed E-state index contributed by atoms with van der Waals surface area (Å²) in [5.74, 6) is 0. The Hall–Kier alpha value is -1.71. The van der Waals surface area contributed by atoms with Gasteiger partial charge in [0.2, 0.25) is 10.0 Å². The van der Waals surface area contributed by atoms with Crippen LogP contribution in [0.15, 0.2) is 23.1 Å². The lowest BCUT2D eigenvalue weighted by Crippen LogP contribution is -2.27. The Kier molecular flexibility index (Phi) is 4.81. The normalized spacial score (nSPS) is 11.3. The predicted molar refractivity (Wildman–Crippen MR) is 71.7 cm³/mol. The number of rotatable bonds is 6. The third-order valence-electron chi connectivity index (χ3n) is 2.58. The second-order valence-corrected chi connectivity index (χ2v) is 5.54. The number of nitro benzene ring substituents is 1. The van der Waals surface area contributed by atoms with Gasteiger partial charge in [-0.1, -0.05) is 0 Å². The van der Waals surface area contributed by atoms with Crippen molar-refractivity contribution in [2.24, 2.45) is 5.14 Å². The first-order chi connectivity index (χ1) is 8.77. The number of hydrogen-bond donors (Lipinski definition) is 2. The van der Waals surface area contributed by atoms with Gasteiger partial charge in [0, 0.05) is 26.2 Å². The van der Waals surface area contributed by atoms with Crippen LogP contribution in [0.4, 0.5) is 11.4 Å². The van der Waals surface area contributed by atoms with E-state index in [4.69, 9.17) is 5.14 Å². The highest BCUT2D eigenvalue weighted by Crippen LogP contribution is 2.29. The Morgan fingerprint density at radius 1 is 1.47 bits per heavy atom. The van der Waals surface area contributed by atoms with E-state index in [0.717, 1.165) is 6.07 Å². The molecule has 0 fully saturated rings. The average molecular weight is 288 g/mol. The number of benzene rings is 1. The van der Waals surface area contributed by atoms with Crippen molar-refractivity contribution in [3.8, 4) is 0 Å². The molecule has 0 saturated carbocycles. The lowest BCUT2D eigenvalue weighted by Gasteiger charge is -2.19. The molecule has 0 spiro atoms. The SMILES string of the molecule is CNCCN(C)c1ccc(S(N)(=O)=O)cc1[N+](=O)[O-]. The second-order valence-electron chi connectivity index (χ2n) is 3.98. The maximum atomic E-state index is 11.2. The van der Waals surface area contributed by atoms with Crippen molar-refractivity contribution >= 4 is 21.4 Å². The number of hydrogen-bond acceptors (Lipinski definition) is 6. The first kappa shape index (κ1) is 15.3. The molecule has 9 heteroatoms. The Balaban J connectivity index is 3.23. The number of nitrogens with one attached hydrogen (secondary N) is 1. The van der Waals surface area contributed by atoms with Crippen molar-refractivity contribution in [3.63, 3.8) is 0 Å². The molecule has 1 rings (SSSR count). The fourth-order valence-electron chi connectivity index (χ4n) is 1.55. The molecule has 0 heterocycles. The second kappa shape index (κ2) is 5.95. The molecule has 1 aromatic carbocycles. The molecule has 0 aliphatic carbocycles. The largest absolute Gasteiger partial charge is 0.368 e. The summed E-state index contributed by atoms with van der Waals surface area (Å²) in [6, 6.07) is 3.61. The number of nitrogens with zero attached hydrogens (tertiary/aromatic N) is 2. The first-order valence-corrected chi connectivity index (χ1v) is 6.99. The smallest absolute Gasteiger partial charge is 0.293 e. The number of nitro groups is 1. The molecule has 0 aliphatic rings. The predicted octanol–water partition coefficient (Wildman–Crippen LogP) is -0.102.